The molecule has 2 rings (SSSR count). The lowest BCUT2D eigenvalue weighted by molar-refractivity contribution is 0.0751. The molecule has 0 radical (unpaired) electrons. The summed E-state index contributed by atoms with van der Waals surface area (Å²) in [4.78, 5) is 4.17. The average molecular weight is 181 g/mol. The first-order chi connectivity index (χ1) is 6.33. The highest BCUT2D eigenvalue weighted by atomic mass is 16.5. The van der Waals surface area contributed by atoms with Crippen molar-refractivity contribution >= 4 is 0 Å². The van der Waals surface area contributed by atoms with Crippen molar-refractivity contribution in [3.05, 3.63) is 17.8 Å². The van der Waals surface area contributed by atoms with Gasteiger partial charge in [0.1, 0.15) is 6.10 Å². The van der Waals surface area contributed by atoms with Gasteiger partial charge in [-0.3, -0.25) is 0 Å². The van der Waals surface area contributed by atoms with Crippen LogP contribution in [0.15, 0.2) is 10.8 Å². The summed E-state index contributed by atoms with van der Waals surface area (Å²) in [7, 11) is 0. The predicted molar refractivity (Wildman–Crippen MR) is 48.4 cm³/mol. The lowest BCUT2D eigenvalue weighted by Gasteiger charge is -2.11. The minimum absolute atomic E-state index is 0.137. The van der Waals surface area contributed by atoms with Crippen LogP contribution in [0.1, 0.15) is 37.8 Å². The van der Waals surface area contributed by atoms with E-state index in [1.165, 1.54) is 6.39 Å². The Bertz CT molecular complexity index is 282. The quantitative estimate of drug-likeness (QED) is 0.702. The zero-order valence-electron chi connectivity index (χ0n) is 8.12. The van der Waals surface area contributed by atoms with Gasteiger partial charge in [-0.05, 0) is 18.8 Å². The fourth-order valence-corrected chi connectivity index (χ4v) is 1.81. The van der Waals surface area contributed by atoms with Crippen LogP contribution in [0.3, 0.4) is 0 Å². The van der Waals surface area contributed by atoms with Gasteiger partial charge in [0, 0.05) is 6.61 Å². The summed E-state index contributed by atoms with van der Waals surface area (Å²) < 4.78 is 11.0. The molecule has 1 saturated heterocycles. The van der Waals surface area contributed by atoms with Crippen molar-refractivity contribution in [1.82, 2.24) is 4.98 Å². The van der Waals surface area contributed by atoms with Crippen molar-refractivity contribution in [1.29, 1.82) is 0 Å². The predicted octanol–water partition coefficient (Wildman–Crippen LogP) is 2.33. The van der Waals surface area contributed by atoms with Crippen LogP contribution in [0.4, 0.5) is 0 Å². The fourth-order valence-electron chi connectivity index (χ4n) is 1.81. The summed E-state index contributed by atoms with van der Waals surface area (Å²) in [6.07, 6.45) is 3.69. The number of hydrogen-bond acceptors (Lipinski definition) is 3. The summed E-state index contributed by atoms with van der Waals surface area (Å²) in [5, 5.41) is 0. The molecule has 0 aromatic carbocycles. The van der Waals surface area contributed by atoms with Gasteiger partial charge in [-0.2, -0.15) is 0 Å². The Morgan fingerprint density at radius 2 is 2.46 bits per heavy atom. The number of rotatable bonds is 2. The Morgan fingerprint density at radius 1 is 1.62 bits per heavy atom. The van der Waals surface area contributed by atoms with Crippen LogP contribution in [-0.4, -0.2) is 11.6 Å². The van der Waals surface area contributed by atoms with E-state index < -0.39 is 0 Å². The molecule has 3 heteroatoms. The summed E-state index contributed by atoms with van der Waals surface area (Å²) in [6, 6.07) is 0. The van der Waals surface area contributed by atoms with Gasteiger partial charge in [-0.25, -0.2) is 4.98 Å². The van der Waals surface area contributed by atoms with Gasteiger partial charge in [0.05, 0.1) is 5.69 Å². The second-order valence-corrected chi connectivity index (χ2v) is 3.57. The van der Waals surface area contributed by atoms with E-state index in [0.717, 1.165) is 30.9 Å². The third-order valence-electron chi connectivity index (χ3n) is 2.65. The van der Waals surface area contributed by atoms with E-state index in [0.29, 0.717) is 5.92 Å². The molecule has 1 aromatic heterocycles. The number of nitrogens with zero attached hydrogens (tertiary/aromatic N) is 1. The number of hydrogen-bond donors (Lipinski definition) is 0. The van der Waals surface area contributed by atoms with E-state index >= 15 is 0 Å². The first kappa shape index (κ1) is 8.75. The molecular formula is C10H15NO2. The first-order valence-corrected chi connectivity index (χ1v) is 4.86. The van der Waals surface area contributed by atoms with Crippen LogP contribution in [-0.2, 0) is 11.2 Å². The van der Waals surface area contributed by atoms with E-state index in [9.17, 15) is 0 Å². The Kier molecular flexibility index (Phi) is 2.36. The van der Waals surface area contributed by atoms with Crippen LogP contribution in [0.2, 0.25) is 0 Å². The van der Waals surface area contributed by atoms with Gasteiger partial charge in [-0.15, -0.1) is 0 Å². The van der Waals surface area contributed by atoms with Gasteiger partial charge in [0.15, 0.2) is 12.2 Å². The Hall–Kier alpha value is -0.830. The van der Waals surface area contributed by atoms with Gasteiger partial charge in [0.25, 0.3) is 0 Å². The molecular weight excluding hydrogens is 166 g/mol. The molecule has 3 nitrogen and oxygen atoms in total. The van der Waals surface area contributed by atoms with Gasteiger partial charge in [0.2, 0.25) is 0 Å². The first-order valence-electron chi connectivity index (χ1n) is 4.86. The standard InChI is InChI=1S/C10H15NO2/c1-3-8-10(13-6-11-8)9-7(2)4-5-12-9/h6-7,9H,3-5H2,1-2H3/t7-,9+/m1/s1. The van der Waals surface area contributed by atoms with Crippen molar-refractivity contribution in [2.45, 2.75) is 32.8 Å². The molecule has 1 aliphatic rings. The van der Waals surface area contributed by atoms with E-state index in [-0.39, 0.29) is 6.10 Å². The van der Waals surface area contributed by atoms with Crippen LogP contribution in [0.25, 0.3) is 0 Å². The van der Waals surface area contributed by atoms with Crippen molar-refractivity contribution in [3.8, 4) is 0 Å². The molecule has 1 aromatic rings. The summed E-state index contributed by atoms with van der Waals surface area (Å²) in [6.45, 7) is 5.12. The second kappa shape index (κ2) is 3.50. The number of oxazole rings is 1. The van der Waals surface area contributed by atoms with Crippen molar-refractivity contribution in [2.24, 2.45) is 5.92 Å². The van der Waals surface area contributed by atoms with Crippen LogP contribution in [0.5, 0.6) is 0 Å². The fraction of sp³-hybridized carbons (Fsp3) is 0.700. The molecule has 0 unspecified atom stereocenters. The van der Waals surface area contributed by atoms with Gasteiger partial charge >= 0.3 is 0 Å². The average Bonchev–Trinajstić information content (AvgIpc) is 2.71. The van der Waals surface area contributed by atoms with Gasteiger partial charge < -0.3 is 9.15 Å². The largest absolute Gasteiger partial charge is 0.445 e. The number of ether oxygens (including phenoxy) is 1. The summed E-state index contributed by atoms with van der Waals surface area (Å²) >= 11 is 0. The third kappa shape index (κ3) is 1.48. The van der Waals surface area contributed by atoms with Crippen LogP contribution >= 0.6 is 0 Å². The Morgan fingerprint density at radius 3 is 3.08 bits per heavy atom. The van der Waals surface area contributed by atoms with Crippen molar-refractivity contribution in [3.63, 3.8) is 0 Å². The molecule has 0 saturated carbocycles. The lowest BCUT2D eigenvalue weighted by Crippen LogP contribution is -2.05. The lowest BCUT2D eigenvalue weighted by atomic mass is 10.0. The molecule has 72 valence electrons. The zero-order chi connectivity index (χ0) is 9.26. The zero-order valence-corrected chi connectivity index (χ0v) is 8.12. The van der Waals surface area contributed by atoms with E-state index in [1.807, 2.05) is 0 Å². The Labute approximate surface area is 78.1 Å². The maximum atomic E-state index is 5.62. The van der Waals surface area contributed by atoms with Crippen molar-refractivity contribution in [2.75, 3.05) is 6.61 Å². The monoisotopic (exact) mass is 181 g/mol. The number of aromatic nitrogens is 1. The molecule has 0 spiro atoms. The highest BCUT2D eigenvalue weighted by Gasteiger charge is 2.30. The maximum absolute atomic E-state index is 5.62. The Balaban J connectivity index is 2.23. The highest BCUT2D eigenvalue weighted by molar-refractivity contribution is 5.12. The van der Waals surface area contributed by atoms with Crippen LogP contribution in [0, 0.1) is 5.92 Å². The summed E-state index contributed by atoms with van der Waals surface area (Å²) in [5.74, 6) is 1.49. The third-order valence-corrected chi connectivity index (χ3v) is 2.65. The van der Waals surface area contributed by atoms with E-state index in [4.69, 9.17) is 9.15 Å². The smallest absolute Gasteiger partial charge is 0.181 e. The normalized spacial score (nSPS) is 28.2. The molecule has 1 aliphatic heterocycles. The minimum atomic E-state index is 0.137. The molecule has 0 aliphatic carbocycles. The van der Waals surface area contributed by atoms with Crippen LogP contribution < -0.4 is 0 Å². The number of aryl methyl sites for hydroxylation is 1. The molecule has 2 atom stereocenters. The molecule has 13 heavy (non-hydrogen) atoms. The van der Waals surface area contributed by atoms with Crippen molar-refractivity contribution < 1.29 is 9.15 Å². The highest BCUT2D eigenvalue weighted by Crippen LogP contribution is 2.35. The maximum Gasteiger partial charge on any atom is 0.181 e. The molecule has 0 bridgehead atoms. The molecule has 0 amide bonds. The van der Waals surface area contributed by atoms with E-state index in [1.54, 1.807) is 0 Å². The molecule has 1 fully saturated rings. The SMILES string of the molecule is CCc1ncoc1[C@H]1OCC[C@H]1C. The minimum Gasteiger partial charge on any atom is -0.445 e. The topological polar surface area (TPSA) is 35.3 Å². The van der Waals surface area contributed by atoms with E-state index in [2.05, 4.69) is 18.8 Å². The second-order valence-electron chi connectivity index (χ2n) is 3.57. The molecule has 0 N–H and O–H groups in total. The molecule has 2 heterocycles. The summed E-state index contributed by atoms with van der Waals surface area (Å²) in [5.41, 5.74) is 1.04. The van der Waals surface area contributed by atoms with Gasteiger partial charge in [-0.1, -0.05) is 13.8 Å².